The Hall–Kier alpha value is -4.00. The number of ether oxygens (including phenoxy) is 1. The zero-order valence-corrected chi connectivity index (χ0v) is 16.4. The SMILES string of the molecule is CC(Oc1ccc(F)cc1)C(=O)Nc1c(C(=O)c2ccc(F)cc2)oc2ccccc12. The predicted molar refractivity (Wildman–Crippen MR) is 111 cm³/mol. The number of nitrogens with one attached hydrogen (secondary N) is 1. The maximum atomic E-state index is 13.2. The van der Waals surface area contributed by atoms with Crippen LogP contribution < -0.4 is 10.1 Å². The number of para-hydroxylation sites is 1. The Bertz CT molecular complexity index is 1250. The van der Waals surface area contributed by atoms with E-state index in [9.17, 15) is 18.4 Å². The zero-order valence-electron chi connectivity index (χ0n) is 16.4. The van der Waals surface area contributed by atoms with E-state index in [-0.39, 0.29) is 17.0 Å². The standard InChI is InChI=1S/C24H17F2NO4/c1-14(30-18-12-10-17(26)11-13-18)24(29)27-21-19-4-2-3-5-20(19)31-23(21)22(28)15-6-8-16(25)9-7-15/h2-14H,1H3,(H,27,29). The minimum atomic E-state index is -0.937. The van der Waals surface area contributed by atoms with Gasteiger partial charge in [0, 0.05) is 10.9 Å². The van der Waals surface area contributed by atoms with Crippen LogP contribution in [0.15, 0.2) is 77.2 Å². The number of anilines is 1. The third kappa shape index (κ3) is 4.30. The second kappa shape index (κ2) is 8.39. The molecule has 4 rings (SSSR count). The highest BCUT2D eigenvalue weighted by Crippen LogP contribution is 2.32. The van der Waals surface area contributed by atoms with E-state index < -0.39 is 29.4 Å². The van der Waals surface area contributed by atoms with Crippen molar-refractivity contribution < 1.29 is 27.5 Å². The van der Waals surface area contributed by atoms with Crippen LogP contribution in [0.2, 0.25) is 0 Å². The molecular formula is C24H17F2NO4. The molecular weight excluding hydrogens is 404 g/mol. The van der Waals surface area contributed by atoms with E-state index >= 15 is 0 Å². The highest BCUT2D eigenvalue weighted by Gasteiger charge is 2.25. The molecule has 0 fully saturated rings. The van der Waals surface area contributed by atoms with Crippen LogP contribution in [0.3, 0.4) is 0 Å². The summed E-state index contributed by atoms with van der Waals surface area (Å²) in [5.41, 5.74) is 0.825. The third-order valence-corrected chi connectivity index (χ3v) is 4.65. The number of amides is 1. The van der Waals surface area contributed by atoms with Gasteiger partial charge in [-0.25, -0.2) is 8.78 Å². The topological polar surface area (TPSA) is 68.5 Å². The summed E-state index contributed by atoms with van der Waals surface area (Å²) in [5, 5.41) is 3.24. The van der Waals surface area contributed by atoms with Crippen molar-refractivity contribution in [1.82, 2.24) is 0 Å². The van der Waals surface area contributed by atoms with E-state index in [0.717, 1.165) is 0 Å². The van der Waals surface area contributed by atoms with Gasteiger partial charge in [0.25, 0.3) is 5.91 Å². The molecule has 156 valence electrons. The fraction of sp³-hybridized carbons (Fsp3) is 0.0833. The summed E-state index contributed by atoms with van der Waals surface area (Å²) in [6, 6.07) is 17.2. The van der Waals surface area contributed by atoms with Crippen molar-refractivity contribution in [3.8, 4) is 5.75 Å². The molecule has 1 aromatic heterocycles. The molecule has 0 radical (unpaired) electrons. The van der Waals surface area contributed by atoms with Crippen LogP contribution in [0, 0.1) is 11.6 Å². The fourth-order valence-electron chi connectivity index (χ4n) is 3.06. The predicted octanol–water partition coefficient (Wildman–Crippen LogP) is 5.35. The first-order valence-electron chi connectivity index (χ1n) is 9.47. The lowest BCUT2D eigenvalue weighted by atomic mass is 10.1. The van der Waals surface area contributed by atoms with Gasteiger partial charge in [-0.2, -0.15) is 0 Å². The van der Waals surface area contributed by atoms with Gasteiger partial charge in [-0.3, -0.25) is 9.59 Å². The smallest absolute Gasteiger partial charge is 0.265 e. The van der Waals surface area contributed by atoms with Gasteiger partial charge in [-0.1, -0.05) is 12.1 Å². The molecule has 4 aromatic rings. The third-order valence-electron chi connectivity index (χ3n) is 4.65. The van der Waals surface area contributed by atoms with E-state index in [1.54, 1.807) is 24.3 Å². The lowest BCUT2D eigenvalue weighted by Crippen LogP contribution is -2.30. The summed E-state index contributed by atoms with van der Waals surface area (Å²) in [6.07, 6.45) is -0.937. The number of carbonyl (C=O) groups is 2. The highest BCUT2D eigenvalue weighted by molar-refractivity contribution is 6.17. The fourth-order valence-corrected chi connectivity index (χ4v) is 3.06. The molecule has 0 saturated carbocycles. The lowest BCUT2D eigenvalue weighted by Gasteiger charge is -2.15. The van der Waals surface area contributed by atoms with E-state index in [2.05, 4.69) is 5.32 Å². The molecule has 1 unspecified atom stereocenters. The molecule has 1 heterocycles. The normalized spacial score (nSPS) is 11.8. The molecule has 5 nitrogen and oxygen atoms in total. The molecule has 0 aliphatic heterocycles. The molecule has 0 aliphatic carbocycles. The zero-order chi connectivity index (χ0) is 22.0. The maximum Gasteiger partial charge on any atom is 0.265 e. The number of fused-ring (bicyclic) bond motifs is 1. The molecule has 1 amide bonds. The molecule has 1 N–H and O–H groups in total. The summed E-state index contributed by atoms with van der Waals surface area (Å²) in [5.74, 6) is -1.67. The number of hydrogen-bond acceptors (Lipinski definition) is 4. The average molecular weight is 421 g/mol. The highest BCUT2D eigenvalue weighted by atomic mass is 19.1. The first-order chi connectivity index (χ1) is 14.9. The minimum Gasteiger partial charge on any atom is -0.481 e. The number of halogens is 2. The Labute approximate surface area is 176 Å². The van der Waals surface area contributed by atoms with Crippen LogP contribution in [0.4, 0.5) is 14.5 Å². The molecule has 31 heavy (non-hydrogen) atoms. The second-order valence-electron chi connectivity index (χ2n) is 6.84. The van der Waals surface area contributed by atoms with Gasteiger partial charge in [0.15, 0.2) is 11.9 Å². The quantitative estimate of drug-likeness (QED) is 0.426. The Morgan fingerprint density at radius 3 is 2.19 bits per heavy atom. The van der Waals surface area contributed by atoms with E-state index in [1.807, 2.05) is 0 Å². The summed E-state index contributed by atoms with van der Waals surface area (Å²) >= 11 is 0. The molecule has 3 aromatic carbocycles. The maximum absolute atomic E-state index is 13.2. The minimum absolute atomic E-state index is 0.0739. The van der Waals surface area contributed by atoms with Gasteiger partial charge in [0.2, 0.25) is 5.78 Å². The summed E-state index contributed by atoms with van der Waals surface area (Å²) in [4.78, 5) is 25.8. The Balaban J connectivity index is 1.63. The molecule has 7 heteroatoms. The van der Waals surface area contributed by atoms with Crippen LogP contribution in [-0.2, 0) is 4.79 Å². The van der Waals surface area contributed by atoms with Crippen molar-refractivity contribution in [2.45, 2.75) is 13.0 Å². The number of furan rings is 1. The van der Waals surface area contributed by atoms with E-state index in [0.29, 0.717) is 16.7 Å². The summed E-state index contributed by atoms with van der Waals surface area (Å²) in [6.45, 7) is 1.53. The van der Waals surface area contributed by atoms with Crippen LogP contribution in [0.1, 0.15) is 23.0 Å². The summed E-state index contributed by atoms with van der Waals surface area (Å²) in [7, 11) is 0. The van der Waals surface area contributed by atoms with Gasteiger partial charge >= 0.3 is 0 Å². The van der Waals surface area contributed by atoms with Gasteiger partial charge in [-0.05, 0) is 67.6 Å². The van der Waals surface area contributed by atoms with Crippen molar-refractivity contribution in [1.29, 1.82) is 0 Å². The van der Waals surface area contributed by atoms with Crippen molar-refractivity contribution >= 4 is 28.3 Å². The van der Waals surface area contributed by atoms with E-state index in [4.69, 9.17) is 9.15 Å². The number of benzene rings is 3. The van der Waals surface area contributed by atoms with Crippen molar-refractivity contribution in [3.63, 3.8) is 0 Å². The van der Waals surface area contributed by atoms with Crippen molar-refractivity contribution in [3.05, 3.63) is 95.8 Å². The first kappa shape index (κ1) is 20.3. The van der Waals surface area contributed by atoms with E-state index in [1.165, 1.54) is 55.5 Å². The molecule has 0 bridgehead atoms. The average Bonchev–Trinajstić information content (AvgIpc) is 3.13. The van der Waals surface area contributed by atoms with Gasteiger partial charge < -0.3 is 14.5 Å². The Kier molecular flexibility index (Phi) is 5.49. The molecule has 1 atom stereocenters. The summed E-state index contributed by atoms with van der Waals surface area (Å²) < 4.78 is 37.6. The lowest BCUT2D eigenvalue weighted by molar-refractivity contribution is -0.122. The van der Waals surface area contributed by atoms with Crippen LogP contribution in [0.5, 0.6) is 5.75 Å². The second-order valence-corrected chi connectivity index (χ2v) is 6.84. The van der Waals surface area contributed by atoms with Crippen LogP contribution in [0.25, 0.3) is 11.0 Å². The largest absolute Gasteiger partial charge is 0.481 e. The number of hydrogen-bond donors (Lipinski definition) is 1. The Morgan fingerprint density at radius 2 is 1.52 bits per heavy atom. The molecule has 0 aliphatic rings. The molecule has 0 saturated heterocycles. The van der Waals surface area contributed by atoms with Gasteiger partial charge in [0.1, 0.15) is 23.0 Å². The van der Waals surface area contributed by atoms with Crippen molar-refractivity contribution in [2.75, 3.05) is 5.32 Å². The van der Waals surface area contributed by atoms with Crippen molar-refractivity contribution in [2.24, 2.45) is 0 Å². The Morgan fingerprint density at radius 1 is 0.903 bits per heavy atom. The van der Waals surface area contributed by atoms with Gasteiger partial charge in [0.05, 0.1) is 5.69 Å². The van der Waals surface area contributed by atoms with Gasteiger partial charge in [-0.15, -0.1) is 0 Å². The number of rotatable bonds is 6. The number of carbonyl (C=O) groups excluding carboxylic acids is 2. The first-order valence-corrected chi connectivity index (χ1v) is 9.47. The number of ketones is 1. The van der Waals surface area contributed by atoms with Crippen LogP contribution in [-0.4, -0.2) is 17.8 Å². The van der Waals surface area contributed by atoms with Crippen LogP contribution >= 0.6 is 0 Å². The molecule has 0 spiro atoms. The monoisotopic (exact) mass is 421 g/mol.